The fraction of sp³-hybridized carbons (Fsp3) is 0.130. The summed E-state index contributed by atoms with van der Waals surface area (Å²) >= 11 is 2.94. The molecular weight excluding hydrogens is 442 g/mol. The van der Waals surface area contributed by atoms with E-state index in [0.29, 0.717) is 23.9 Å². The van der Waals surface area contributed by atoms with Crippen molar-refractivity contribution in [3.63, 3.8) is 0 Å². The van der Waals surface area contributed by atoms with Crippen molar-refractivity contribution >= 4 is 39.8 Å². The van der Waals surface area contributed by atoms with Gasteiger partial charge in [-0.25, -0.2) is 0 Å². The zero-order valence-electron chi connectivity index (χ0n) is 17.2. The molecule has 0 aliphatic rings. The van der Waals surface area contributed by atoms with Gasteiger partial charge < -0.3 is 9.30 Å². The number of thiophene rings is 1. The summed E-state index contributed by atoms with van der Waals surface area (Å²) in [5, 5.41) is 23.6. The first-order valence-electron chi connectivity index (χ1n) is 9.84. The van der Waals surface area contributed by atoms with Crippen LogP contribution in [0.4, 0.5) is 5.13 Å². The van der Waals surface area contributed by atoms with Crippen LogP contribution in [0.15, 0.2) is 65.7 Å². The van der Waals surface area contributed by atoms with E-state index in [1.54, 1.807) is 17.4 Å². The maximum Gasteiger partial charge on any atom is 0.268 e. The Balaban J connectivity index is 1.49. The van der Waals surface area contributed by atoms with Crippen molar-refractivity contribution in [2.24, 2.45) is 0 Å². The van der Waals surface area contributed by atoms with Crippen LogP contribution in [-0.4, -0.2) is 27.3 Å². The van der Waals surface area contributed by atoms with Gasteiger partial charge >= 0.3 is 0 Å². The van der Waals surface area contributed by atoms with E-state index in [4.69, 9.17) is 4.74 Å². The van der Waals surface area contributed by atoms with E-state index in [9.17, 15) is 10.1 Å². The van der Waals surface area contributed by atoms with Crippen LogP contribution < -0.4 is 10.1 Å². The zero-order valence-corrected chi connectivity index (χ0v) is 18.8. The topological polar surface area (TPSA) is 92.8 Å². The third-order valence-electron chi connectivity index (χ3n) is 4.46. The van der Waals surface area contributed by atoms with Gasteiger partial charge in [0.15, 0.2) is 0 Å². The number of hydrogen-bond donors (Lipinski definition) is 1. The number of rotatable bonds is 8. The second kappa shape index (κ2) is 10.0. The Kier molecular flexibility index (Phi) is 6.75. The summed E-state index contributed by atoms with van der Waals surface area (Å²) < 4.78 is 7.38. The SMILES string of the molecule is CCOc1ccc(-n2cccc2/C=C(/C#N)C(=O)Nc2nnc(Cc3cccs3)s2)cc1. The summed E-state index contributed by atoms with van der Waals surface area (Å²) in [6, 6.07) is 17.3. The highest BCUT2D eigenvalue weighted by molar-refractivity contribution is 7.15. The lowest BCUT2D eigenvalue weighted by molar-refractivity contribution is -0.112. The van der Waals surface area contributed by atoms with Gasteiger partial charge in [0.1, 0.15) is 22.4 Å². The molecule has 4 rings (SSSR count). The first-order valence-corrected chi connectivity index (χ1v) is 11.5. The molecule has 0 radical (unpaired) electrons. The second-order valence-electron chi connectivity index (χ2n) is 6.61. The predicted octanol–water partition coefficient (Wildman–Crippen LogP) is 4.93. The average molecular weight is 462 g/mol. The standard InChI is InChI=1S/C23H19N5O2S2/c1-2-30-19-9-7-17(8-10-19)28-11-3-5-18(28)13-16(15-24)22(29)25-23-27-26-21(32-23)14-20-6-4-12-31-20/h3-13H,2,14H2,1H3,(H,25,27,29)/b16-13-. The number of nitrogens with zero attached hydrogens (tertiary/aromatic N) is 4. The van der Waals surface area contributed by atoms with Crippen molar-refractivity contribution in [1.82, 2.24) is 14.8 Å². The van der Waals surface area contributed by atoms with Crippen LogP contribution in [-0.2, 0) is 11.2 Å². The molecule has 0 aliphatic carbocycles. The van der Waals surface area contributed by atoms with Crippen LogP contribution in [0.5, 0.6) is 5.75 Å². The minimum Gasteiger partial charge on any atom is -0.494 e. The molecule has 9 heteroatoms. The number of nitrogens with one attached hydrogen (secondary N) is 1. The van der Waals surface area contributed by atoms with Gasteiger partial charge in [-0.05, 0) is 60.8 Å². The van der Waals surface area contributed by atoms with Crippen molar-refractivity contribution in [2.45, 2.75) is 13.3 Å². The van der Waals surface area contributed by atoms with Crippen molar-refractivity contribution in [1.29, 1.82) is 5.26 Å². The van der Waals surface area contributed by atoms with Gasteiger partial charge in [-0.2, -0.15) is 5.26 Å². The Labute approximate surface area is 193 Å². The van der Waals surface area contributed by atoms with Gasteiger partial charge in [0, 0.05) is 28.9 Å². The van der Waals surface area contributed by atoms with Crippen molar-refractivity contribution in [3.05, 3.63) is 81.3 Å². The van der Waals surface area contributed by atoms with E-state index in [2.05, 4.69) is 15.5 Å². The summed E-state index contributed by atoms with van der Waals surface area (Å²) in [5.74, 6) is 0.263. The van der Waals surface area contributed by atoms with Crippen molar-refractivity contribution in [2.75, 3.05) is 11.9 Å². The molecule has 0 atom stereocenters. The largest absolute Gasteiger partial charge is 0.494 e. The number of benzene rings is 1. The number of carbonyl (C=O) groups is 1. The maximum absolute atomic E-state index is 12.7. The Morgan fingerprint density at radius 3 is 2.78 bits per heavy atom. The lowest BCUT2D eigenvalue weighted by Gasteiger charge is -2.09. The number of carbonyl (C=O) groups excluding carboxylic acids is 1. The predicted molar refractivity (Wildman–Crippen MR) is 126 cm³/mol. The number of anilines is 1. The Morgan fingerprint density at radius 2 is 2.06 bits per heavy atom. The maximum atomic E-state index is 12.7. The van der Waals surface area contributed by atoms with E-state index in [1.165, 1.54) is 16.2 Å². The molecule has 0 bridgehead atoms. The number of aromatic nitrogens is 3. The third kappa shape index (κ3) is 5.11. The number of ether oxygens (including phenoxy) is 1. The van der Waals surface area contributed by atoms with Gasteiger partial charge in [0.05, 0.1) is 6.61 Å². The molecule has 7 nitrogen and oxygen atoms in total. The summed E-state index contributed by atoms with van der Waals surface area (Å²) in [6.07, 6.45) is 4.09. The average Bonchev–Trinajstić information content (AvgIpc) is 3.56. The fourth-order valence-electron chi connectivity index (χ4n) is 3.02. The summed E-state index contributed by atoms with van der Waals surface area (Å²) in [7, 11) is 0. The summed E-state index contributed by atoms with van der Waals surface area (Å²) in [5.41, 5.74) is 1.58. The molecule has 0 unspecified atom stereocenters. The summed E-state index contributed by atoms with van der Waals surface area (Å²) in [6.45, 7) is 2.53. The smallest absolute Gasteiger partial charge is 0.268 e. The second-order valence-corrected chi connectivity index (χ2v) is 8.71. The molecule has 4 aromatic rings. The third-order valence-corrected chi connectivity index (χ3v) is 6.17. The van der Waals surface area contributed by atoms with Gasteiger partial charge in [-0.3, -0.25) is 10.1 Å². The Morgan fingerprint density at radius 1 is 1.22 bits per heavy atom. The van der Waals surface area contributed by atoms with Crippen LogP contribution >= 0.6 is 22.7 Å². The minimum atomic E-state index is -0.522. The van der Waals surface area contributed by atoms with Crippen LogP contribution in [0.25, 0.3) is 11.8 Å². The Hall–Kier alpha value is -3.74. The van der Waals surface area contributed by atoms with Gasteiger partial charge in [0.2, 0.25) is 5.13 Å². The molecule has 3 heterocycles. The zero-order chi connectivity index (χ0) is 22.3. The molecule has 160 valence electrons. The minimum absolute atomic E-state index is 0.0223. The van der Waals surface area contributed by atoms with Gasteiger partial charge in [0.25, 0.3) is 5.91 Å². The van der Waals surface area contributed by atoms with Gasteiger partial charge in [-0.15, -0.1) is 21.5 Å². The lowest BCUT2D eigenvalue weighted by Crippen LogP contribution is -2.13. The summed E-state index contributed by atoms with van der Waals surface area (Å²) in [4.78, 5) is 13.8. The van der Waals surface area contributed by atoms with E-state index < -0.39 is 5.91 Å². The van der Waals surface area contributed by atoms with E-state index in [-0.39, 0.29) is 5.57 Å². The highest BCUT2D eigenvalue weighted by Crippen LogP contribution is 2.22. The monoisotopic (exact) mass is 461 g/mol. The molecule has 0 aliphatic heterocycles. The molecule has 1 N–H and O–H groups in total. The number of hydrogen-bond acceptors (Lipinski definition) is 7. The molecule has 1 amide bonds. The normalized spacial score (nSPS) is 11.2. The number of amides is 1. The van der Waals surface area contributed by atoms with Crippen molar-refractivity contribution < 1.29 is 9.53 Å². The van der Waals surface area contributed by atoms with Crippen LogP contribution in [0.1, 0.15) is 22.5 Å². The molecule has 32 heavy (non-hydrogen) atoms. The van der Waals surface area contributed by atoms with E-state index >= 15 is 0 Å². The number of nitriles is 1. The first kappa shape index (κ1) is 21.5. The van der Waals surface area contributed by atoms with Crippen LogP contribution in [0.3, 0.4) is 0 Å². The van der Waals surface area contributed by atoms with Crippen molar-refractivity contribution in [3.8, 4) is 17.5 Å². The highest BCUT2D eigenvalue weighted by Gasteiger charge is 2.14. The van der Waals surface area contributed by atoms with E-state index in [1.807, 2.05) is 77.7 Å². The first-order chi connectivity index (χ1) is 15.7. The molecular formula is C23H19N5O2S2. The molecule has 3 aromatic heterocycles. The van der Waals surface area contributed by atoms with Crippen LogP contribution in [0, 0.1) is 11.3 Å². The Bertz CT molecular complexity index is 1260. The molecule has 0 spiro atoms. The quantitative estimate of drug-likeness (QED) is 0.297. The van der Waals surface area contributed by atoms with Gasteiger partial charge in [-0.1, -0.05) is 17.4 Å². The molecule has 1 aromatic carbocycles. The van der Waals surface area contributed by atoms with E-state index in [0.717, 1.165) is 16.4 Å². The molecule has 0 saturated carbocycles. The molecule has 0 fully saturated rings. The highest BCUT2D eigenvalue weighted by atomic mass is 32.1. The molecule has 0 saturated heterocycles. The van der Waals surface area contributed by atoms with Crippen LogP contribution in [0.2, 0.25) is 0 Å². The lowest BCUT2D eigenvalue weighted by atomic mass is 10.2. The fourth-order valence-corrected chi connectivity index (χ4v) is 4.57.